The second-order valence-electron chi connectivity index (χ2n) is 8.58. The molecule has 2 unspecified atom stereocenters. The van der Waals surface area contributed by atoms with Crippen LogP contribution in [0.2, 0.25) is 0 Å². The Balaban J connectivity index is 2.15. The third kappa shape index (κ3) is 6.15. The molecule has 1 aromatic rings. The van der Waals surface area contributed by atoms with E-state index in [-0.39, 0.29) is 35.7 Å². The molecule has 1 amide bonds. The number of carbonyl (C=O) groups excluding carboxylic acids is 2. The summed E-state index contributed by atoms with van der Waals surface area (Å²) < 4.78 is 5.65. The Morgan fingerprint density at radius 3 is 2.56 bits per heavy atom. The first-order valence-corrected chi connectivity index (χ1v) is 9.88. The summed E-state index contributed by atoms with van der Waals surface area (Å²) in [6, 6.07) is 9.30. The number of ketones is 1. The molecular weight excluding hydrogens is 340 g/mol. The molecule has 27 heavy (non-hydrogen) atoms. The van der Waals surface area contributed by atoms with Crippen LogP contribution in [0, 0.1) is 5.41 Å². The predicted molar refractivity (Wildman–Crippen MR) is 108 cm³/mol. The summed E-state index contributed by atoms with van der Waals surface area (Å²) in [5, 5.41) is 3.02. The van der Waals surface area contributed by atoms with Crippen molar-refractivity contribution in [2.75, 3.05) is 27.2 Å². The molecule has 1 fully saturated rings. The maximum atomic E-state index is 13.2. The van der Waals surface area contributed by atoms with Crippen molar-refractivity contribution in [2.45, 2.75) is 58.1 Å². The molecule has 1 saturated heterocycles. The van der Waals surface area contributed by atoms with Crippen LogP contribution < -0.4 is 5.32 Å². The van der Waals surface area contributed by atoms with Gasteiger partial charge in [-0.05, 0) is 37.9 Å². The predicted octanol–water partition coefficient (Wildman–Crippen LogP) is 3.00. The molecule has 3 atom stereocenters. The van der Waals surface area contributed by atoms with Crippen molar-refractivity contribution in [3.63, 3.8) is 0 Å². The van der Waals surface area contributed by atoms with Crippen molar-refractivity contribution in [1.29, 1.82) is 0 Å². The van der Waals surface area contributed by atoms with Crippen molar-refractivity contribution < 1.29 is 14.3 Å². The fourth-order valence-corrected chi connectivity index (χ4v) is 3.39. The number of amides is 1. The van der Waals surface area contributed by atoms with Crippen LogP contribution >= 0.6 is 0 Å². The van der Waals surface area contributed by atoms with Gasteiger partial charge in [-0.15, -0.1) is 0 Å². The minimum atomic E-state index is -0.548. The number of ether oxygens (including phenoxy) is 1. The van der Waals surface area contributed by atoms with E-state index in [1.165, 1.54) is 0 Å². The molecular formula is C22H34N2O3. The second-order valence-corrected chi connectivity index (χ2v) is 8.58. The van der Waals surface area contributed by atoms with E-state index >= 15 is 0 Å². The number of hydrogen-bond acceptors (Lipinski definition) is 4. The van der Waals surface area contributed by atoms with Gasteiger partial charge < -0.3 is 15.0 Å². The number of Topliss-reactive ketones (excluding diaryl/α,β-unsaturated/α-hetero) is 1. The molecule has 150 valence electrons. The molecule has 0 radical (unpaired) electrons. The molecule has 5 heteroatoms. The highest BCUT2D eigenvalue weighted by atomic mass is 16.5. The van der Waals surface area contributed by atoms with Crippen LogP contribution in [-0.2, 0) is 14.3 Å². The lowest BCUT2D eigenvalue weighted by Crippen LogP contribution is -2.47. The highest BCUT2D eigenvalue weighted by molar-refractivity contribution is 5.93. The average molecular weight is 375 g/mol. The van der Waals surface area contributed by atoms with Gasteiger partial charge in [-0.3, -0.25) is 9.59 Å². The number of nitrogens with one attached hydrogen (secondary N) is 1. The monoisotopic (exact) mass is 374 g/mol. The molecule has 1 aliphatic heterocycles. The maximum absolute atomic E-state index is 13.2. The SMILES string of the molecule is CCC(C)(C)CC(C(=O)NC1C(=O)CO[C@H]1CCN(C)C)c1ccccc1. The summed E-state index contributed by atoms with van der Waals surface area (Å²) in [6.45, 7) is 7.40. The molecule has 0 saturated carbocycles. The zero-order valence-corrected chi connectivity index (χ0v) is 17.3. The van der Waals surface area contributed by atoms with Gasteiger partial charge >= 0.3 is 0 Å². The van der Waals surface area contributed by atoms with Crippen molar-refractivity contribution in [1.82, 2.24) is 10.2 Å². The lowest BCUT2D eigenvalue weighted by molar-refractivity contribution is -0.127. The first kappa shape index (κ1) is 21.6. The van der Waals surface area contributed by atoms with Crippen molar-refractivity contribution in [3.8, 4) is 0 Å². The summed E-state index contributed by atoms with van der Waals surface area (Å²) in [5.74, 6) is -0.390. The average Bonchev–Trinajstić information content (AvgIpc) is 2.98. The van der Waals surface area contributed by atoms with Gasteiger partial charge in [0, 0.05) is 6.54 Å². The van der Waals surface area contributed by atoms with Gasteiger partial charge in [-0.1, -0.05) is 57.5 Å². The topological polar surface area (TPSA) is 58.6 Å². The second kappa shape index (κ2) is 9.47. The highest BCUT2D eigenvalue weighted by Crippen LogP contribution is 2.34. The minimum absolute atomic E-state index is 0.0336. The van der Waals surface area contributed by atoms with Gasteiger partial charge in [-0.25, -0.2) is 0 Å². The van der Waals surface area contributed by atoms with Gasteiger partial charge in [0.05, 0.1) is 12.0 Å². The van der Waals surface area contributed by atoms with E-state index in [1.54, 1.807) is 0 Å². The number of nitrogens with zero attached hydrogens (tertiary/aromatic N) is 1. The zero-order valence-electron chi connectivity index (χ0n) is 17.3. The normalized spacial score (nSPS) is 21.5. The van der Waals surface area contributed by atoms with E-state index in [0.717, 1.165) is 31.4 Å². The van der Waals surface area contributed by atoms with Gasteiger partial charge in [0.25, 0.3) is 0 Å². The Morgan fingerprint density at radius 2 is 1.96 bits per heavy atom. The van der Waals surface area contributed by atoms with E-state index < -0.39 is 6.04 Å². The Hall–Kier alpha value is -1.72. The first-order chi connectivity index (χ1) is 12.7. The van der Waals surface area contributed by atoms with Gasteiger partial charge in [0.1, 0.15) is 12.6 Å². The van der Waals surface area contributed by atoms with E-state index in [2.05, 4.69) is 31.0 Å². The lowest BCUT2D eigenvalue weighted by Gasteiger charge is -2.30. The largest absolute Gasteiger partial charge is 0.368 e. The number of hydrogen-bond donors (Lipinski definition) is 1. The quantitative estimate of drug-likeness (QED) is 0.722. The van der Waals surface area contributed by atoms with Crippen LogP contribution in [0.15, 0.2) is 30.3 Å². The van der Waals surface area contributed by atoms with E-state index in [4.69, 9.17) is 4.74 Å². The molecule has 1 aliphatic rings. The molecule has 1 N–H and O–H groups in total. The van der Waals surface area contributed by atoms with Crippen LogP contribution in [0.5, 0.6) is 0 Å². The van der Waals surface area contributed by atoms with Crippen molar-refractivity contribution >= 4 is 11.7 Å². The Morgan fingerprint density at radius 1 is 1.30 bits per heavy atom. The van der Waals surface area contributed by atoms with Gasteiger partial charge in [0.15, 0.2) is 5.78 Å². The highest BCUT2D eigenvalue weighted by Gasteiger charge is 2.38. The first-order valence-electron chi connectivity index (χ1n) is 9.88. The van der Waals surface area contributed by atoms with Crippen molar-refractivity contribution in [3.05, 3.63) is 35.9 Å². The van der Waals surface area contributed by atoms with Gasteiger partial charge in [0.2, 0.25) is 5.91 Å². The Kier molecular flexibility index (Phi) is 7.57. The Labute approximate surface area is 163 Å². The van der Waals surface area contributed by atoms with Crippen LogP contribution in [0.4, 0.5) is 0 Å². The smallest absolute Gasteiger partial charge is 0.228 e. The van der Waals surface area contributed by atoms with Crippen molar-refractivity contribution in [2.24, 2.45) is 5.41 Å². The van der Waals surface area contributed by atoms with Crippen LogP contribution in [-0.4, -0.2) is 56.0 Å². The fourth-order valence-electron chi connectivity index (χ4n) is 3.39. The third-order valence-corrected chi connectivity index (χ3v) is 5.55. The Bertz CT molecular complexity index is 628. The van der Waals surface area contributed by atoms with Crippen LogP contribution in [0.1, 0.15) is 51.5 Å². The summed E-state index contributed by atoms with van der Waals surface area (Å²) in [6.07, 6.45) is 2.20. The van der Waals surface area contributed by atoms with Gasteiger partial charge in [-0.2, -0.15) is 0 Å². The lowest BCUT2D eigenvalue weighted by atomic mass is 9.77. The summed E-state index contributed by atoms with van der Waals surface area (Å²) in [7, 11) is 3.98. The van der Waals surface area contributed by atoms with Crippen LogP contribution in [0.3, 0.4) is 0 Å². The van der Waals surface area contributed by atoms with E-state index in [0.29, 0.717) is 0 Å². The molecule has 0 spiro atoms. The molecule has 5 nitrogen and oxygen atoms in total. The van der Waals surface area contributed by atoms with E-state index in [9.17, 15) is 9.59 Å². The minimum Gasteiger partial charge on any atom is -0.368 e. The van der Waals surface area contributed by atoms with E-state index in [1.807, 2.05) is 44.4 Å². The molecule has 0 bridgehead atoms. The molecule has 2 rings (SSSR count). The standard InChI is InChI=1S/C22H34N2O3/c1-6-22(2,3)14-17(16-10-8-7-9-11-16)21(26)23-20-18(25)15-27-19(20)12-13-24(4)5/h7-11,17,19-20H,6,12-15H2,1-5H3,(H,23,26)/t17?,19-,20?/m0/s1. The summed E-state index contributed by atoms with van der Waals surface area (Å²) in [5.41, 5.74) is 1.03. The molecule has 1 aromatic carbocycles. The molecule has 1 heterocycles. The number of carbonyl (C=O) groups is 2. The molecule has 0 aromatic heterocycles. The number of benzene rings is 1. The van der Waals surface area contributed by atoms with Crippen LogP contribution in [0.25, 0.3) is 0 Å². The summed E-state index contributed by atoms with van der Waals surface area (Å²) >= 11 is 0. The number of rotatable bonds is 9. The maximum Gasteiger partial charge on any atom is 0.228 e. The third-order valence-electron chi connectivity index (χ3n) is 5.55. The summed E-state index contributed by atoms with van der Waals surface area (Å²) in [4.78, 5) is 27.6. The zero-order chi connectivity index (χ0) is 20.0. The molecule has 0 aliphatic carbocycles. The fraction of sp³-hybridized carbons (Fsp3) is 0.636.